The predicted molar refractivity (Wildman–Crippen MR) is 140 cm³/mol. The predicted octanol–water partition coefficient (Wildman–Crippen LogP) is 5.51. The highest BCUT2D eigenvalue weighted by molar-refractivity contribution is 6.32. The molecule has 0 spiro atoms. The molecule has 0 radical (unpaired) electrons. The second-order valence-corrected chi connectivity index (χ2v) is 10.5. The van der Waals surface area contributed by atoms with Crippen LogP contribution < -0.4 is 19.7 Å². The Morgan fingerprint density at radius 1 is 0.941 bits per heavy atom. The van der Waals surface area contributed by atoms with Crippen molar-refractivity contribution in [2.45, 2.75) is 64.1 Å². The fourth-order valence-electron chi connectivity index (χ4n) is 6.06. The van der Waals surface area contributed by atoms with Gasteiger partial charge in [0.1, 0.15) is 17.6 Å². The van der Waals surface area contributed by atoms with E-state index in [4.69, 9.17) is 21.1 Å². The molecule has 2 aromatic carbocycles. The van der Waals surface area contributed by atoms with Crippen molar-refractivity contribution in [1.29, 1.82) is 0 Å². The van der Waals surface area contributed by atoms with Crippen molar-refractivity contribution in [2.75, 3.05) is 44.7 Å². The van der Waals surface area contributed by atoms with Crippen LogP contribution in [-0.4, -0.2) is 56.9 Å². The Balaban J connectivity index is 1.31. The standard InChI is InChI=1S/C28H38ClN3O2/c1-19-20(2)27(34-23-11-13-30-14-12-23)10-8-24(19)26-6-4-5-22-18-31(15-16-32(22)26)21-7-9-25(29)28(17-21)33-3/h7-10,17,22-23,26,30H,4-6,11-16,18H2,1-3H3/t22-,26+/m0/s1. The summed E-state index contributed by atoms with van der Waals surface area (Å²) in [4.78, 5) is 5.26. The zero-order chi connectivity index (χ0) is 23.7. The lowest BCUT2D eigenvalue weighted by Gasteiger charge is -2.49. The van der Waals surface area contributed by atoms with Crippen LogP contribution in [0.25, 0.3) is 0 Å². The summed E-state index contributed by atoms with van der Waals surface area (Å²) in [7, 11) is 1.68. The Hall–Kier alpha value is -1.95. The van der Waals surface area contributed by atoms with Crippen LogP contribution in [-0.2, 0) is 0 Å². The molecule has 184 valence electrons. The van der Waals surface area contributed by atoms with Crippen LogP contribution >= 0.6 is 11.6 Å². The molecule has 3 heterocycles. The van der Waals surface area contributed by atoms with Crippen molar-refractivity contribution < 1.29 is 9.47 Å². The number of fused-ring (bicyclic) bond motifs is 1. The third-order valence-electron chi connectivity index (χ3n) is 8.16. The normalized spacial score (nSPS) is 24.1. The first-order chi connectivity index (χ1) is 16.5. The molecule has 0 aliphatic carbocycles. The minimum absolute atomic E-state index is 0.337. The van der Waals surface area contributed by atoms with Gasteiger partial charge in [0.05, 0.1) is 12.1 Å². The second kappa shape index (κ2) is 10.3. The van der Waals surface area contributed by atoms with Crippen molar-refractivity contribution in [3.05, 3.63) is 52.0 Å². The molecule has 2 aromatic rings. The molecule has 0 saturated carbocycles. The molecule has 6 heteroatoms. The summed E-state index contributed by atoms with van der Waals surface area (Å²) in [6.07, 6.45) is 6.29. The molecular formula is C28H38ClN3O2. The van der Waals surface area contributed by atoms with Gasteiger partial charge in [-0.2, -0.15) is 0 Å². The third kappa shape index (κ3) is 4.75. The fraction of sp³-hybridized carbons (Fsp3) is 0.571. The Morgan fingerprint density at radius 2 is 1.76 bits per heavy atom. The molecule has 0 aromatic heterocycles. The van der Waals surface area contributed by atoms with E-state index < -0.39 is 0 Å². The highest BCUT2D eigenvalue weighted by Gasteiger charge is 2.36. The van der Waals surface area contributed by atoms with E-state index in [1.807, 2.05) is 6.07 Å². The van der Waals surface area contributed by atoms with Crippen molar-refractivity contribution in [2.24, 2.45) is 0 Å². The summed E-state index contributed by atoms with van der Waals surface area (Å²) >= 11 is 6.26. The molecule has 5 rings (SSSR count). The van der Waals surface area contributed by atoms with E-state index in [0.717, 1.165) is 57.1 Å². The number of rotatable bonds is 5. The monoisotopic (exact) mass is 483 g/mol. The van der Waals surface area contributed by atoms with Crippen LogP contribution in [0.4, 0.5) is 5.69 Å². The molecule has 3 fully saturated rings. The summed E-state index contributed by atoms with van der Waals surface area (Å²) in [5.74, 6) is 1.82. The van der Waals surface area contributed by atoms with E-state index in [9.17, 15) is 0 Å². The zero-order valence-corrected chi connectivity index (χ0v) is 21.5. The van der Waals surface area contributed by atoms with Gasteiger partial charge in [-0.15, -0.1) is 0 Å². The second-order valence-electron chi connectivity index (χ2n) is 10.1. The lowest BCUT2D eigenvalue weighted by molar-refractivity contribution is 0.0712. The Morgan fingerprint density at radius 3 is 2.56 bits per heavy atom. The zero-order valence-electron chi connectivity index (χ0n) is 20.8. The SMILES string of the molecule is COc1cc(N2CCN3[C@@H](CCC[C@@H]3c3ccc(OC4CCNCC4)c(C)c3C)C2)ccc1Cl. The first kappa shape index (κ1) is 23.8. The van der Waals surface area contributed by atoms with Gasteiger partial charge in [-0.05, 0) is 93.9 Å². The number of nitrogens with one attached hydrogen (secondary N) is 1. The topological polar surface area (TPSA) is 37.0 Å². The van der Waals surface area contributed by atoms with E-state index in [1.165, 1.54) is 41.6 Å². The number of anilines is 1. The van der Waals surface area contributed by atoms with Crippen molar-refractivity contribution in [3.8, 4) is 11.5 Å². The minimum Gasteiger partial charge on any atom is -0.495 e. The van der Waals surface area contributed by atoms with Gasteiger partial charge in [-0.3, -0.25) is 4.90 Å². The summed E-state index contributed by atoms with van der Waals surface area (Å²) in [5.41, 5.74) is 5.41. The fourth-order valence-corrected chi connectivity index (χ4v) is 6.26. The van der Waals surface area contributed by atoms with E-state index in [1.54, 1.807) is 7.11 Å². The summed E-state index contributed by atoms with van der Waals surface area (Å²) < 4.78 is 11.9. The van der Waals surface area contributed by atoms with Gasteiger partial charge in [0.2, 0.25) is 0 Å². The molecule has 3 aliphatic heterocycles. The van der Waals surface area contributed by atoms with Crippen LogP contribution in [0, 0.1) is 13.8 Å². The van der Waals surface area contributed by atoms with Crippen molar-refractivity contribution >= 4 is 17.3 Å². The minimum atomic E-state index is 0.337. The number of piperidine rings is 2. The number of benzene rings is 2. The molecule has 3 saturated heterocycles. The van der Waals surface area contributed by atoms with Gasteiger partial charge in [-0.1, -0.05) is 17.7 Å². The van der Waals surface area contributed by atoms with E-state index >= 15 is 0 Å². The lowest BCUT2D eigenvalue weighted by atomic mass is 9.86. The largest absolute Gasteiger partial charge is 0.495 e. The molecule has 34 heavy (non-hydrogen) atoms. The van der Waals surface area contributed by atoms with Crippen molar-refractivity contribution in [3.63, 3.8) is 0 Å². The average molecular weight is 484 g/mol. The molecule has 5 nitrogen and oxygen atoms in total. The van der Waals surface area contributed by atoms with Gasteiger partial charge >= 0.3 is 0 Å². The average Bonchev–Trinajstić information content (AvgIpc) is 2.87. The smallest absolute Gasteiger partial charge is 0.139 e. The van der Waals surface area contributed by atoms with Gasteiger partial charge < -0.3 is 19.7 Å². The number of hydrogen-bond donors (Lipinski definition) is 1. The number of nitrogens with zero attached hydrogens (tertiary/aromatic N) is 2. The van der Waals surface area contributed by atoms with Crippen LogP contribution in [0.5, 0.6) is 11.5 Å². The molecule has 1 N–H and O–H groups in total. The van der Waals surface area contributed by atoms with Gasteiger partial charge in [0.25, 0.3) is 0 Å². The van der Waals surface area contributed by atoms with E-state index in [0.29, 0.717) is 23.2 Å². The molecule has 0 bridgehead atoms. The molecule has 0 unspecified atom stereocenters. The Labute approximate surface area is 209 Å². The maximum atomic E-state index is 6.43. The molecular weight excluding hydrogens is 446 g/mol. The Kier molecular flexibility index (Phi) is 7.24. The number of methoxy groups -OCH3 is 1. The highest BCUT2D eigenvalue weighted by Crippen LogP contribution is 2.41. The van der Waals surface area contributed by atoms with Crippen LogP contribution in [0.2, 0.25) is 5.02 Å². The van der Waals surface area contributed by atoms with Gasteiger partial charge in [0.15, 0.2) is 0 Å². The summed E-state index contributed by atoms with van der Waals surface area (Å²) in [5, 5.41) is 4.09. The maximum absolute atomic E-state index is 6.43. The lowest BCUT2D eigenvalue weighted by Crippen LogP contribution is -2.56. The number of halogens is 1. The molecule has 0 amide bonds. The third-order valence-corrected chi connectivity index (χ3v) is 8.47. The summed E-state index contributed by atoms with van der Waals surface area (Å²) in [6.45, 7) is 9.79. The highest BCUT2D eigenvalue weighted by atomic mass is 35.5. The number of ether oxygens (including phenoxy) is 2. The first-order valence-electron chi connectivity index (χ1n) is 12.9. The van der Waals surface area contributed by atoms with Gasteiger partial charge in [0, 0.05) is 43.5 Å². The van der Waals surface area contributed by atoms with Gasteiger partial charge in [-0.25, -0.2) is 0 Å². The van der Waals surface area contributed by atoms with Crippen LogP contribution in [0.15, 0.2) is 30.3 Å². The number of hydrogen-bond acceptors (Lipinski definition) is 5. The van der Waals surface area contributed by atoms with E-state index in [2.05, 4.69) is 53.2 Å². The quantitative estimate of drug-likeness (QED) is 0.606. The maximum Gasteiger partial charge on any atom is 0.139 e. The number of piperazine rings is 1. The van der Waals surface area contributed by atoms with Crippen molar-refractivity contribution in [1.82, 2.24) is 10.2 Å². The molecule has 2 atom stereocenters. The first-order valence-corrected chi connectivity index (χ1v) is 13.2. The Bertz CT molecular complexity index is 1010. The van der Waals surface area contributed by atoms with Crippen LogP contribution in [0.3, 0.4) is 0 Å². The molecule has 3 aliphatic rings. The summed E-state index contributed by atoms with van der Waals surface area (Å²) in [6, 6.07) is 11.8. The van der Waals surface area contributed by atoms with E-state index in [-0.39, 0.29) is 0 Å². The van der Waals surface area contributed by atoms with Crippen LogP contribution in [0.1, 0.15) is 54.8 Å².